The molecule has 5 rings (SSSR count). The maximum absolute atomic E-state index is 12.5. The number of Topliss-reactive ketones (excluding diaryl/α,β-unsaturated/α-hetero) is 1. The number of benzene rings is 1. The van der Waals surface area contributed by atoms with Gasteiger partial charge in [0.1, 0.15) is 11.5 Å². The van der Waals surface area contributed by atoms with E-state index in [4.69, 9.17) is 9.32 Å². The highest BCUT2D eigenvalue weighted by atomic mass is 32.2. The van der Waals surface area contributed by atoms with E-state index in [1.165, 1.54) is 37.7 Å². The minimum atomic E-state index is -4.08. The molecule has 2 N–H and O–H groups in total. The average Bonchev–Trinajstić information content (AvgIpc) is 3.07. The van der Waals surface area contributed by atoms with E-state index in [1.54, 1.807) is 0 Å². The smallest absolute Gasteiger partial charge is 0.371 e. The Morgan fingerprint density at radius 3 is 2.39 bits per heavy atom. The van der Waals surface area contributed by atoms with Gasteiger partial charge >= 0.3 is 10.3 Å². The van der Waals surface area contributed by atoms with Gasteiger partial charge in [-0.1, -0.05) is 40.7 Å². The molecule has 0 saturated heterocycles. The predicted octanol–water partition coefficient (Wildman–Crippen LogP) is 6.55. The summed E-state index contributed by atoms with van der Waals surface area (Å²) in [7, 11) is -4.08. The number of carbonyl (C=O) groups excluding carboxylic acids is 1. The van der Waals surface area contributed by atoms with Gasteiger partial charge in [0.25, 0.3) is 0 Å². The number of carbonyl (C=O) groups is 1. The summed E-state index contributed by atoms with van der Waals surface area (Å²) >= 11 is 0. The molecule has 7 atom stereocenters. The summed E-state index contributed by atoms with van der Waals surface area (Å²) in [6.07, 6.45) is 10.8. The van der Waals surface area contributed by atoms with Crippen molar-refractivity contribution in [2.45, 2.75) is 105 Å². The van der Waals surface area contributed by atoms with Gasteiger partial charge in [0, 0.05) is 12.8 Å². The highest BCUT2D eigenvalue weighted by Gasteiger charge is 2.60. The van der Waals surface area contributed by atoms with Crippen molar-refractivity contribution in [3.05, 3.63) is 29.3 Å². The molecular formula is C30H45NO4S. The number of hydrogen-bond acceptors (Lipinski definition) is 4. The highest BCUT2D eigenvalue weighted by Crippen LogP contribution is 2.68. The molecular weight excluding hydrogens is 470 g/mol. The van der Waals surface area contributed by atoms with E-state index in [-0.39, 0.29) is 16.2 Å². The van der Waals surface area contributed by atoms with Crippen LogP contribution in [0.2, 0.25) is 0 Å². The number of ketones is 1. The molecule has 5 nitrogen and oxygen atoms in total. The first-order chi connectivity index (χ1) is 16.7. The van der Waals surface area contributed by atoms with Crippen molar-refractivity contribution in [1.82, 2.24) is 0 Å². The summed E-state index contributed by atoms with van der Waals surface area (Å²) in [5.74, 6) is 3.91. The first kappa shape index (κ1) is 26.2. The number of rotatable bonds is 4. The maximum Gasteiger partial charge on any atom is 0.380 e. The van der Waals surface area contributed by atoms with E-state index in [0.29, 0.717) is 41.1 Å². The van der Waals surface area contributed by atoms with E-state index in [0.717, 1.165) is 37.7 Å². The topological polar surface area (TPSA) is 86.5 Å². The standard InChI is InChI=1S/C30H45NO4S/c1-28(2,3)17-19-14-20(16-23(15-19)35-36(31,33)34)25-10-11-26-24-9-7-21-6-8-22(32)18-30(21,5)27(24)12-13-29(25,26)4/h14-16,21,24-27H,6-13,17-18H2,1-5H3,(H2,31,33,34)/t21?,24-,25?,26-,27+,29+,30-/m0/s1. The molecule has 36 heavy (non-hydrogen) atoms. The van der Waals surface area contributed by atoms with Crippen molar-refractivity contribution >= 4 is 16.1 Å². The van der Waals surface area contributed by atoms with Crippen LogP contribution in [0.15, 0.2) is 18.2 Å². The minimum absolute atomic E-state index is 0.0726. The number of nitrogens with two attached hydrogens (primary N) is 1. The lowest BCUT2D eigenvalue weighted by Gasteiger charge is -2.60. The Morgan fingerprint density at radius 1 is 0.972 bits per heavy atom. The Bertz CT molecular complexity index is 1140. The van der Waals surface area contributed by atoms with E-state index >= 15 is 0 Å². The zero-order valence-electron chi connectivity index (χ0n) is 22.8. The molecule has 1 aromatic rings. The fourth-order valence-corrected chi connectivity index (χ4v) is 9.83. The zero-order valence-corrected chi connectivity index (χ0v) is 23.6. The van der Waals surface area contributed by atoms with E-state index in [9.17, 15) is 13.2 Å². The SMILES string of the molecule is CC(C)(C)Cc1cc(OS(N)(=O)=O)cc(C2CC[C@H]3[C@@H]4CCC5CCC(=O)C[C@]5(C)[C@@H]4CC[C@]23C)c1. The molecule has 4 aliphatic carbocycles. The van der Waals surface area contributed by atoms with Crippen LogP contribution >= 0.6 is 0 Å². The van der Waals surface area contributed by atoms with Crippen molar-refractivity contribution in [2.24, 2.45) is 45.1 Å². The van der Waals surface area contributed by atoms with Gasteiger partial charge in [-0.15, -0.1) is 0 Å². The summed E-state index contributed by atoms with van der Waals surface area (Å²) in [6.45, 7) is 11.5. The third kappa shape index (κ3) is 4.77. The Balaban J connectivity index is 1.46. The molecule has 6 heteroatoms. The average molecular weight is 516 g/mol. The molecule has 0 amide bonds. The van der Waals surface area contributed by atoms with Crippen LogP contribution in [0, 0.1) is 39.9 Å². The molecule has 2 unspecified atom stereocenters. The molecule has 4 fully saturated rings. The molecule has 200 valence electrons. The summed E-state index contributed by atoms with van der Waals surface area (Å²) in [5.41, 5.74) is 2.74. The van der Waals surface area contributed by atoms with Crippen molar-refractivity contribution in [1.29, 1.82) is 0 Å². The van der Waals surface area contributed by atoms with Crippen molar-refractivity contribution in [3.63, 3.8) is 0 Å². The Hall–Kier alpha value is -1.40. The lowest BCUT2D eigenvalue weighted by molar-refractivity contribution is -0.140. The number of fused-ring (bicyclic) bond motifs is 5. The van der Waals surface area contributed by atoms with E-state index in [1.807, 2.05) is 12.1 Å². The number of hydrogen-bond donors (Lipinski definition) is 1. The molecule has 0 aromatic heterocycles. The van der Waals surface area contributed by atoms with Gasteiger partial charge in [0.2, 0.25) is 0 Å². The zero-order chi connectivity index (χ0) is 26.1. The minimum Gasteiger partial charge on any atom is -0.371 e. The summed E-state index contributed by atoms with van der Waals surface area (Å²) < 4.78 is 28.8. The second-order valence-electron chi connectivity index (χ2n) is 14.3. The van der Waals surface area contributed by atoms with E-state index < -0.39 is 10.3 Å². The summed E-state index contributed by atoms with van der Waals surface area (Å²) in [6, 6.07) is 6.07. The fourth-order valence-electron chi connectivity index (χ4n) is 9.46. The second-order valence-corrected chi connectivity index (χ2v) is 15.5. The Morgan fingerprint density at radius 2 is 1.69 bits per heavy atom. The first-order valence-electron chi connectivity index (χ1n) is 14.1. The van der Waals surface area contributed by atoms with Gasteiger partial charge in [-0.2, -0.15) is 13.6 Å². The fraction of sp³-hybridized carbons (Fsp3) is 0.767. The molecule has 0 heterocycles. The largest absolute Gasteiger partial charge is 0.380 e. The molecule has 0 radical (unpaired) electrons. The molecule has 0 bridgehead atoms. The Labute approximate surface area is 218 Å². The maximum atomic E-state index is 12.5. The first-order valence-corrected chi connectivity index (χ1v) is 15.5. The van der Waals surface area contributed by atoms with Crippen molar-refractivity contribution in [3.8, 4) is 5.75 Å². The van der Waals surface area contributed by atoms with Gasteiger partial charge < -0.3 is 4.18 Å². The van der Waals surface area contributed by atoms with Gasteiger partial charge in [-0.25, -0.2) is 0 Å². The van der Waals surface area contributed by atoms with Crippen LogP contribution in [-0.4, -0.2) is 14.2 Å². The van der Waals surface area contributed by atoms with Crippen LogP contribution in [0.5, 0.6) is 5.75 Å². The van der Waals surface area contributed by atoms with Gasteiger partial charge in [0.05, 0.1) is 0 Å². The molecule has 4 aliphatic rings. The third-order valence-corrected chi connectivity index (χ3v) is 11.2. The van der Waals surface area contributed by atoms with Gasteiger partial charge in [-0.3, -0.25) is 4.79 Å². The van der Waals surface area contributed by atoms with Crippen LogP contribution in [0.1, 0.15) is 109 Å². The van der Waals surface area contributed by atoms with Crippen LogP contribution in [-0.2, 0) is 21.5 Å². The molecule has 4 saturated carbocycles. The van der Waals surface area contributed by atoms with Crippen molar-refractivity contribution < 1.29 is 17.4 Å². The lowest BCUT2D eigenvalue weighted by atomic mass is 9.44. The summed E-state index contributed by atoms with van der Waals surface area (Å²) in [5, 5.41) is 5.26. The highest BCUT2D eigenvalue weighted by molar-refractivity contribution is 7.84. The van der Waals surface area contributed by atoms with Crippen molar-refractivity contribution in [2.75, 3.05) is 0 Å². The second kappa shape index (κ2) is 8.83. The Kier molecular flexibility index (Phi) is 6.43. The third-order valence-electron chi connectivity index (χ3n) is 10.8. The quantitative estimate of drug-likeness (QED) is 0.492. The monoisotopic (exact) mass is 515 g/mol. The normalized spacial score (nSPS) is 38.7. The predicted molar refractivity (Wildman–Crippen MR) is 143 cm³/mol. The molecule has 0 spiro atoms. The van der Waals surface area contributed by atoms with Gasteiger partial charge in [-0.05, 0) is 120 Å². The van der Waals surface area contributed by atoms with E-state index in [2.05, 4.69) is 40.7 Å². The van der Waals surface area contributed by atoms with Crippen LogP contribution < -0.4 is 9.32 Å². The molecule has 0 aliphatic heterocycles. The molecule has 1 aromatic carbocycles. The van der Waals surface area contributed by atoms with Crippen LogP contribution in [0.3, 0.4) is 0 Å². The summed E-state index contributed by atoms with van der Waals surface area (Å²) in [4.78, 5) is 12.5. The van der Waals surface area contributed by atoms with Crippen LogP contribution in [0.4, 0.5) is 0 Å². The van der Waals surface area contributed by atoms with Crippen LogP contribution in [0.25, 0.3) is 0 Å². The lowest BCUT2D eigenvalue weighted by Crippen LogP contribution is -2.53. The van der Waals surface area contributed by atoms with Gasteiger partial charge in [0.15, 0.2) is 0 Å².